The number of carbonyl (C=O) groups is 2. The Morgan fingerprint density at radius 1 is 1.07 bits per heavy atom. The molecular formula is C21H20FN3O3. The molecule has 2 amide bonds. The first-order chi connectivity index (χ1) is 13.3. The predicted octanol–water partition coefficient (Wildman–Crippen LogP) is 3.65. The molecule has 2 aromatic carbocycles. The number of hydrogen-bond acceptors (Lipinski definition) is 4. The molecule has 0 bridgehead atoms. The highest BCUT2D eigenvalue weighted by molar-refractivity contribution is 6.12. The third-order valence-electron chi connectivity index (χ3n) is 4.24. The molecule has 0 fully saturated rings. The Morgan fingerprint density at radius 3 is 2.50 bits per heavy atom. The summed E-state index contributed by atoms with van der Waals surface area (Å²) in [5, 5.41) is 3.18. The summed E-state index contributed by atoms with van der Waals surface area (Å²) in [4.78, 5) is 31.0. The Kier molecular flexibility index (Phi) is 5.26. The Morgan fingerprint density at radius 2 is 1.82 bits per heavy atom. The van der Waals surface area contributed by atoms with E-state index in [0.717, 1.165) is 0 Å². The van der Waals surface area contributed by atoms with Crippen LogP contribution in [0.4, 0.5) is 10.1 Å². The first-order valence-corrected chi connectivity index (χ1v) is 8.58. The van der Waals surface area contributed by atoms with Crippen LogP contribution in [0.1, 0.15) is 26.4 Å². The molecule has 0 spiro atoms. The number of hydrogen-bond donors (Lipinski definition) is 1. The molecule has 7 heteroatoms. The number of methoxy groups -OCH3 is 1. The summed E-state index contributed by atoms with van der Waals surface area (Å²) in [6.07, 6.45) is 0. The van der Waals surface area contributed by atoms with E-state index in [1.807, 2.05) is 0 Å². The van der Waals surface area contributed by atoms with E-state index in [1.54, 1.807) is 45.3 Å². The van der Waals surface area contributed by atoms with Gasteiger partial charge in [-0.2, -0.15) is 0 Å². The SMILES string of the molecule is COc1ccc(NC(=O)c2cc(C)nc3ccc(F)cc23)cc1C(=O)N(C)C. The van der Waals surface area contributed by atoms with Gasteiger partial charge in [-0.3, -0.25) is 14.6 Å². The van der Waals surface area contributed by atoms with Crippen molar-refractivity contribution >= 4 is 28.4 Å². The van der Waals surface area contributed by atoms with Crippen LogP contribution in [0.3, 0.4) is 0 Å². The van der Waals surface area contributed by atoms with E-state index in [1.165, 1.54) is 30.2 Å². The number of halogens is 1. The topological polar surface area (TPSA) is 71.5 Å². The van der Waals surface area contributed by atoms with Gasteiger partial charge in [0.1, 0.15) is 11.6 Å². The molecular weight excluding hydrogens is 361 g/mol. The number of rotatable bonds is 4. The van der Waals surface area contributed by atoms with Crippen molar-refractivity contribution in [3.63, 3.8) is 0 Å². The zero-order valence-corrected chi connectivity index (χ0v) is 16.0. The number of benzene rings is 2. The maximum atomic E-state index is 13.7. The largest absolute Gasteiger partial charge is 0.496 e. The number of ether oxygens (including phenoxy) is 1. The van der Waals surface area contributed by atoms with Crippen LogP contribution in [-0.2, 0) is 0 Å². The molecule has 1 aromatic heterocycles. The number of amides is 2. The second kappa shape index (κ2) is 7.64. The zero-order chi connectivity index (χ0) is 20.4. The fraction of sp³-hybridized carbons (Fsp3) is 0.190. The zero-order valence-electron chi connectivity index (χ0n) is 16.0. The number of aromatic nitrogens is 1. The molecule has 1 heterocycles. The first-order valence-electron chi connectivity index (χ1n) is 8.58. The predicted molar refractivity (Wildman–Crippen MR) is 105 cm³/mol. The fourth-order valence-electron chi connectivity index (χ4n) is 2.91. The minimum Gasteiger partial charge on any atom is -0.496 e. The number of nitrogens with zero attached hydrogens (tertiary/aromatic N) is 2. The van der Waals surface area contributed by atoms with Crippen molar-refractivity contribution in [3.05, 3.63) is 65.1 Å². The maximum Gasteiger partial charge on any atom is 0.257 e. The lowest BCUT2D eigenvalue weighted by atomic mass is 10.1. The van der Waals surface area contributed by atoms with E-state index < -0.39 is 11.7 Å². The molecule has 28 heavy (non-hydrogen) atoms. The van der Waals surface area contributed by atoms with Crippen LogP contribution < -0.4 is 10.1 Å². The van der Waals surface area contributed by atoms with Gasteiger partial charge in [0.2, 0.25) is 0 Å². The molecule has 3 aromatic rings. The van der Waals surface area contributed by atoms with Gasteiger partial charge in [0.25, 0.3) is 11.8 Å². The number of aryl methyl sites for hydroxylation is 1. The second-order valence-electron chi connectivity index (χ2n) is 6.54. The summed E-state index contributed by atoms with van der Waals surface area (Å²) in [5.74, 6) is -0.714. The van der Waals surface area contributed by atoms with E-state index in [9.17, 15) is 14.0 Å². The molecule has 1 N–H and O–H groups in total. The lowest BCUT2D eigenvalue weighted by molar-refractivity contribution is 0.0824. The van der Waals surface area contributed by atoms with Gasteiger partial charge in [-0.05, 0) is 49.4 Å². The highest BCUT2D eigenvalue weighted by Crippen LogP contribution is 2.25. The summed E-state index contributed by atoms with van der Waals surface area (Å²) >= 11 is 0. The van der Waals surface area contributed by atoms with Gasteiger partial charge in [-0.1, -0.05) is 0 Å². The summed E-state index contributed by atoms with van der Waals surface area (Å²) in [6.45, 7) is 1.76. The summed E-state index contributed by atoms with van der Waals surface area (Å²) < 4.78 is 18.9. The van der Waals surface area contributed by atoms with Crippen molar-refractivity contribution in [2.24, 2.45) is 0 Å². The molecule has 0 saturated heterocycles. The average Bonchev–Trinajstić information content (AvgIpc) is 2.66. The van der Waals surface area contributed by atoms with Crippen molar-refractivity contribution in [3.8, 4) is 5.75 Å². The van der Waals surface area contributed by atoms with Gasteiger partial charge in [-0.15, -0.1) is 0 Å². The van der Waals surface area contributed by atoms with Crippen LogP contribution in [0.25, 0.3) is 10.9 Å². The van der Waals surface area contributed by atoms with Crippen LogP contribution in [0.2, 0.25) is 0 Å². The fourth-order valence-corrected chi connectivity index (χ4v) is 2.91. The van der Waals surface area contributed by atoms with Crippen LogP contribution in [0.5, 0.6) is 5.75 Å². The van der Waals surface area contributed by atoms with E-state index in [2.05, 4.69) is 10.3 Å². The summed E-state index contributed by atoms with van der Waals surface area (Å²) in [7, 11) is 4.74. The molecule has 0 aliphatic rings. The van der Waals surface area contributed by atoms with Gasteiger partial charge in [0.15, 0.2) is 0 Å². The lowest BCUT2D eigenvalue weighted by Crippen LogP contribution is -2.22. The van der Waals surface area contributed by atoms with Crippen molar-refractivity contribution in [1.82, 2.24) is 9.88 Å². The van der Waals surface area contributed by atoms with Gasteiger partial charge >= 0.3 is 0 Å². The van der Waals surface area contributed by atoms with Crippen molar-refractivity contribution in [2.45, 2.75) is 6.92 Å². The minimum atomic E-state index is -0.449. The van der Waals surface area contributed by atoms with Crippen molar-refractivity contribution in [2.75, 3.05) is 26.5 Å². The third kappa shape index (κ3) is 3.78. The van der Waals surface area contributed by atoms with Gasteiger partial charge < -0.3 is 15.0 Å². The van der Waals surface area contributed by atoms with Gasteiger partial charge in [0, 0.05) is 30.9 Å². The number of fused-ring (bicyclic) bond motifs is 1. The van der Waals surface area contributed by atoms with E-state index in [-0.39, 0.29) is 5.91 Å². The van der Waals surface area contributed by atoms with Gasteiger partial charge in [-0.25, -0.2) is 4.39 Å². The third-order valence-corrected chi connectivity index (χ3v) is 4.24. The molecule has 0 saturated carbocycles. The number of anilines is 1. The van der Waals surface area contributed by atoms with Gasteiger partial charge in [0.05, 0.1) is 23.8 Å². The number of carbonyl (C=O) groups excluding carboxylic acids is 2. The molecule has 0 radical (unpaired) electrons. The molecule has 144 valence electrons. The Labute approximate surface area is 161 Å². The van der Waals surface area contributed by atoms with Crippen LogP contribution in [-0.4, -0.2) is 42.9 Å². The molecule has 0 aliphatic heterocycles. The highest BCUT2D eigenvalue weighted by atomic mass is 19.1. The first kappa shape index (κ1) is 19.3. The second-order valence-corrected chi connectivity index (χ2v) is 6.54. The Bertz CT molecular complexity index is 1080. The molecule has 0 unspecified atom stereocenters. The smallest absolute Gasteiger partial charge is 0.257 e. The molecule has 6 nitrogen and oxygen atoms in total. The molecule has 3 rings (SSSR count). The summed E-state index contributed by atoms with van der Waals surface area (Å²) in [5.41, 5.74) is 2.23. The number of pyridine rings is 1. The molecule has 0 atom stereocenters. The maximum absolute atomic E-state index is 13.7. The highest BCUT2D eigenvalue weighted by Gasteiger charge is 2.17. The van der Waals surface area contributed by atoms with E-state index >= 15 is 0 Å². The molecule has 0 aliphatic carbocycles. The monoisotopic (exact) mass is 381 g/mol. The Hall–Kier alpha value is -3.48. The average molecular weight is 381 g/mol. The van der Waals surface area contributed by atoms with E-state index in [0.29, 0.717) is 39.2 Å². The van der Waals surface area contributed by atoms with Crippen LogP contribution in [0.15, 0.2) is 42.5 Å². The van der Waals surface area contributed by atoms with Crippen molar-refractivity contribution in [1.29, 1.82) is 0 Å². The number of nitrogens with one attached hydrogen (secondary N) is 1. The van der Waals surface area contributed by atoms with E-state index in [4.69, 9.17) is 4.74 Å². The Balaban J connectivity index is 2.00. The van der Waals surface area contributed by atoms with Crippen molar-refractivity contribution < 1.29 is 18.7 Å². The standard InChI is InChI=1S/C21H20FN3O3/c1-12-9-16(15-10-13(22)5-7-18(15)23-12)20(26)24-14-6-8-19(28-4)17(11-14)21(27)25(2)3/h5-11H,1-4H3,(H,24,26). The quantitative estimate of drug-likeness (QED) is 0.749. The van der Waals surface area contributed by atoms with Crippen LogP contribution >= 0.6 is 0 Å². The lowest BCUT2D eigenvalue weighted by Gasteiger charge is -2.15. The minimum absolute atomic E-state index is 0.250. The van der Waals surface area contributed by atoms with Crippen LogP contribution in [0, 0.1) is 12.7 Å². The summed E-state index contributed by atoms with van der Waals surface area (Å²) in [6, 6.07) is 10.5. The normalized spacial score (nSPS) is 10.6.